The highest BCUT2D eigenvalue weighted by Gasteiger charge is 2.29. The summed E-state index contributed by atoms with van der Waals surface area (Å²) in [5, 5.41) is 3.40. The molecule has 21 heavy (non-hydrogen) atoms. The molecule has 0 spiro atoms. The van der Waals surface area contributed by atoms with Gasteiger partial charge in [-0.2, -0.15) is 12.7 Å². The Bertz CT molecular complexity index is 417. The van der Waals surface area contributed by atoms with Crippen molar-refractivity contribution in [2.75, 3.05) is 32.8 Å². The van der Waals surface area contributed by atoms with Crippen molar-refractivity contribution in [3.05, 3.63) is 0 Å². The quantitative estimate of drug-likeness (QED) is 0.728. The predicted molar refractivity (Wildman–Crippen MR) is 81.1 cm³/mol. The zero-order valence-corrected chi connectivity index (χ0v) is 13.9. The Kier molecular flexibility index (Phi) is 7.41. The number of hydrogen-bond donors (Lipinski definition) is 2. The molecule has 0 aromatic rings. The van der Waals surface area contributed by atoms with Gasteiger partial charge in [-0.1, -0.05) is 13.8 Å². The Balaban J connectivity index is 2.36. The lowest BCUT2D eigenvalue weighted by Crippen LogP contribution is -2.48. The topological polar surface area (TPSA) is 87.7 Å². The van der Waals surface area contributed by atoms with Crippen LogP contribution in [0.1, 0.15) is 33.6 Å². The molecule has 0 unspecified atom stereocenters. The molecule has 0 atom stereocenters. The molecule has 0 radical (unpaired) electrons. The molecule has 0 aromatic heterocycles. The van der Waals surface area contributed by atoms with Crippen LogP contribution in [-0.2, 0) is 14.9 Å². The Morgan fingerprint density at radius 3 is 2.48 bits per heavy atom. The first-order chi connectivity index (χ1) is 9.85. The summed E-state index contributed by atoms with van der Waals surface area (Å²) in [6, 6.07) is 0. The van der Waals surface area contributed by atoms with Crippen LogP contribution in [0.3, 0.4) is 0 Å². The molecule has 0 bridgehead atoms. The predicted octanol–water partition coefficient (Wildman–Crippen LogP) is 0.935. The molecule has 0 aromatic carbocycles. The largest absolute Gasteiger partial charge is 0.449 e. The zero-order chi connectivity index (χ0) is 15.9. The van der Waals surface area contributed by atoms with Gasteiger partial charge in [0.1, 0.15) is 0 Å². The number of nitrogens with one attached hydrogen (secondary N) is 2. The van der Waals surface area contributed by atoms with Crippen LogP contribution in [0.4, 0.5) is 4.79 Å². The number of carbonyl (C=O) groups is 1. The van der Waals surface area contributed by atoms with Gasteiger partial charge in [0.05, 0.1) is 6.61 Å². The van der Waals surface area contributed by atoms with E-state index in [9.17, 15) is 13.2 Å². The van der Waals surface area contributed by atoms with Crippen molar-refractivity contribution in [1.29, 1.82) is 0 Å². The van der Waals surface area contributed by atoms with Crippen molar-refractivity contribution in [2.45, 2.75) is 33.6 Å². The van der Waals surface area contributed by atoms with E-state index in [1.807, 2.05) is 4.72 Å². The van der Waals surface area contributed by atoms with Gasteiger partial charge in [0.15, 0.2) is 0 Å². The molecule has 124 valence electrons. The molecule has 0 aliphatic carbocycles. The molecular weight excluding hydrogens is 294 g/mol. The first kappa shape index (κ1) is 18.2. The average Bonchev–Trinajstić information content (AvgIpc) is 2.38. The number of nitrogens with zero attached hydrogens (tertiary/aromatic N) is 1. The lowest BCUT2D eigenvalue weighted by atomic mass is 9.98. The summed E-state index contributed by atoms with van der Waals surface area (Å²) in [5.74, 6) is 1.09. The van der Waals surface area contributed by atoms with E-state index in [-0.39, 0.29) is 6.61 Å². The van der Waals surface area contributed by atoms with Crippen LogP contribution in [0.25, 0.3) is 0 Å². The maximum absolute atomic E-state index is 12.0. The van der Waals surface area contributed by atoms with Crippen molar-refractivity contribution in [3.8, 4) is 0 Å². The maximum Gasteiger partial charge on any atom is 0.421 e. The molecule has 1 heterocycles. The summed E-state index contributed by atoms with van der Waals surface area (Å²) in [4.78, 5) is 11.2. The van der Waals surface area contributed by atoms with E-state index < -0.39 is 16.3 Å². The lowest BCUT2D eigenvalue weighted by molar-refractivity contribution is 0.157. The summed E-state index contributed by atoms with van der Waals surface area (Å²) in [6.07, 6.45) is 0.683. The molecule has 1 amide bonds. The summed E-state index contributed by atoms with van der Waals surface area (Å²) in [5.41, 5.74) is 0. The SMILES string of the molecule is CCOC(=O)NS(=O)(=O)N1CCC(CNCC(C)C)CC1. The van der Waals surface area contributed by atoms with E-state index in [0.29, 0.717) is 24.9 Å². The summed E-state index contributed by atoms with van der Waals surface area (Å²) in [6.45, 7) is 8.84. The van der Waals surface area contributed by atoms with E-state index in [1.165, 1.54) is 4.31 Å². The van der Waals surface area contributed by atoms with Crippen molar-refractivity contribution in [1.82, 2.24) is 14.3 Å². The third-order valence-electron chi connectivity index (χ3n) is 3.39. The van der Waals surface area contributed by atoms with Crippen LogP contribution in [0.15, 0.2) is 0 Å². The summed E-state index contributed by atoms with van der Waals surface area (Å²) < 4.78 is 31.8. The van der Waals surface area contributed by atoms with Gasteiger partial charge < -0.3 is 10.1 Å². The Labute approximate surface area is 127 Å². The van der Waals surface area contributed by atoms with Gasteiger partial charge in [0, 0.05) is 13.1 Å². The number of hydrogen-bond acceptors (Lipinski definition) is 5. The minimum atomic E-state index is -3.77. The fourth-order valence-corrected chi connectivity index (χ4v) is 3.35. The second kappa shape index (κ2) is 8.55. The number of ether oxygens (including phenoxy) is 1. The van der Waals surface area contributed by atoms with Gasteiger partial charge >= 0.3 is 16.3 Å². The number of piperidine rings is 1. The highest BCUT2D eigenvalue weighted by molar-refractivity contribution is 7.87. The Morgan fingerprint density at radius 2 is 1.95 bits per heavy atom. The maximum atomic E-state index is 12.0. The zero-order valence-electron chi connectivity index (χ0n) is 13.1. The van der Waals surface area contributed by atoms with Crippen molar-refractivity contribution in [2.24, 2.45) is 11.8 Å². The van der Waals surface area contributed by atoms with Crippen molar-refractivity contribution < 1.29 is 17.9 Å². The Hall–Kier alpha value is -0.860. The van der Waals surface area contributed by atoms with Gasteiger partial charge in [-0.25, -0.2) is 9.52 Å². The Morgan fingerprint density at radius 1 is 1.33 bits per heavy atom. The van der Waals surface area contributed by atoms with E-state index in [2.05, 4.69) is 23.9 Å². The van der Waals surface area contributed by atoms with E-state index >= 15 is 0 Å². The van der Waals surface area contributed by atoms with Crippen LogP contribution in [-0.4, -0.2) is 51.6 Å². The standard InChI is InChI=1S/C13H27N3O4S/c1-4-20-13(17)15-21(18,19)16-7-5-12(6-8-16)10-14-9-11(2)3/h11-12,14H,4-10H2,1-3H3,(H,15,17). The molecular formula is C13H27N3O4S. The number of amides is 1. The minimum Gasteiger partial charge on any atom is -0.449 e. The molecule has 7 nitrogen and oxygen atoms in total. The molecule has 1 aliphatic rings. The van der Waals surface area contributed by atoms with Crippen LogP contribution in [0.5, 0.6) is 0 Å². The lowest BCUT2D eigenvalue weighted by Gasteiger charge is -2.31. The average molecular weight is 321 g/mol. The second-order valence-electron chi connectivity index (χ2n) is 5.72. The number of carbonyl (C=O) groups excluding carboxylic acids is 1. The fraction of sp³-hybridized carbons (Fsp3) is 0.923. The molecule has 1 aliphatic heterocycles. The molecule has 8 heteroatoms. The minimum absolute atomic E-state index is 0.144. The van der Waals surface area contributed by atoms with Crippen LogP contribution in [0.2, 0.25) is 0 Å². The van der Waals surface area contributed by atoms with E-state index in [0.717, 1.165) is 25.9 Å². The first-order valence-corrected chi connectivity index (χ1v) is 8.94. The smallest absolute Gasteiger partial charge is 0.421 e. The van der Waals surface area contributed by atoms with E-state index in [4.69, 9.17) is 0 Å². The summed E-state index contributed by atoms with van der Waals surface area (Å²) >= 11 is 0. The molecule has 1 saturated heterocycles. The highest BCUT2D eigenvalue weighted by atomic mass is 32.2. The van der Waals surface area contributed by atoms with Gasteiger partial charge in [-0.3, -0.25) is 0 Å². The van der Waals surface area contributed by atoms with Crippen LogP contribution in [0, 0.1) is 11.8 Å². The monoisotopic (exact) mass is 321 g/mol. The molecule has 2 N–H and O–H groups in total. The first-order valence-electron chi connectivity index (χ1n) is 7.50. The van der Waals surface area contributed by atoms with Crippen molar-refractivity contribution in [3.63, 3.8) is 0 Å². The molecule has 0 saturated carbocycles. The molecule has 1 rings (SSSR count). The third kappa shape index (κ3) is 6.62. The van der Waals surface area contributed by atoms with Crippen LogP contribution < -0.4 is 10.0 Å². The fourth-order valence-electron chi connectivity index (χ4n) is 2.26. The normalized spacial score (nSPS) is 17.9. The van der Waals surface area contributed by atoms with E-state index in [1.54, 1.807) is 6.92 Å². The summed E-state index contributed by atoms with van der Waals surface area (Å²) in [7, 11) is -3.77. The van der Waals surface area contributed by atoms with Gasteiger partial charge in [-0.05, 0) is 44.7 Å². The second-order valence-corrected chi connectivity index (χ2v) is 7.39. The van der Waals surface area contributed by atoms with Gasteiger partial charge in [0.2, 0.25) is 0 Å². The third-order valence-corrected chi connectivity index (χ3v) is 4.86. The van der Waals surface area contributed by atoms with Gasteiger partial charge in [-0.15, -0.1) is 0 Å². The highest BCUT2D eigenvalue weighted by Crippen LogP contribution is 2.18. The van der Waals surface area contributed by atoms with Crippen LogP contribution >= 0.6 is 0 Å². The van der Waals surface area contributed by atoms with Gasteiger partial charge in [0.25, 0.3) is 0 Å². The van der Waals surface area contributed by atoms with Crippen molar-refractivity contribution >= 4 is 16.3 Å². The number of rotatable bonds is 7. The molecule has 1 fully saturated rings.